The summed E-state index contributed by atoms with van der Waals surface area (Å²) in [6, 6.07) is 10.3. The summed E-state index contributed by atoms with van der Waals surface area (Å²) in [6.07, 6.45) is -3.03. The van der Waals surface area contributed by atoms with Gasteiger partial charge in [0.25, 0.3) is 0 Å². The minimum Gasteiger partial charge on any atom is -0.497 e. The highest BCUT2D eigenvalue weighted by Gasteiger charge is 2.34. The number of benzene rings is 2. The average Bonchev–Trinajstić information content (AvgIpc) is 3.03. The van der Waals surface area contributed by atoms with E-state index in [4.69, 9.17) is 4.74 Å². The molecule has 29 heavy (non-hydrogen) atoms. The molecule has 9 heteroatoms. The highest BCUT2D eigenvalue weighted by molar-refractivity contribution is 5.94. The van der Waals surface area contributed by atoms with Gasteiger partial charge in [-0.25, -0.2) is 0 Å². The van der Waals surface area contributed by atoms with Crippen molar-refractivity contribution in [2.45, 2.75) is 19.6 Å². The van der Waals surface area contributed by atoms with Crippen molar-refractivity contribution in [3.8, 4) is 5.75 Å². The molecule has 6 nitrogen and oxygen atoms in total. The summed E-state index contributed by atoms with van der Waals surface area (Å²) in [4.78, 5) is 23.5. The second-order valence-corrected chi connectivity index (χ2v) is 6.36. The van der Waals surface area contributed by atoms with Gasteiger partial charge in [0.1, 0.15) is 12.3 Å². The predicted octanol–water partition coefficient (Wildman–Crippen LogP) is 4.27. The molecule has 0 aliphatic carbocycles. The second-order valence-electron chi connectivity index (χ2n) is 6.36. The fraction of sp³-hybridized carbons (Fsp3) is 0.200. The number of nitrogens with one attached hydrogen (secondary N) is 2. The minimum absolute atomic E-state index is 0.00632. The van der Waals surface area contributed by atoms with E-state index in [0.29, 0.717) is 5.75 Å². The molecule has 0 saturated heterocycles. The number of nitrogens with zero attached hydrogens (tertiary/aromatic N) is 1. The lowest BCUT2D eigenvalue weighted by Gasteiger charge is -2.16. The summed E-state index contributed by atoms with van der Waals surface area (Å²) in [5.74, 6) is -0.448. The van der Waals surface area contributed by atoms with Crippen LogP contribution >= 0.6 is 0 Å². The molecule has 2 amide bonds. The Bertz CT molecular complexity index is 1070. The predicted molar refractivity (Wildman–Crippen MR) is 103 cm³/mol. The van der Waals surface area contributed by atoms with Crippen LogP contribution in [-0.2, 0) is 22.3 Å². The van der Waals surface area contributed by atoms with Crippen molar-refractivity contribution in [1.29, 1.82) is 0 Å². The minimum atomic E-state index is -4.70. The van der Waals surface area contributed by atoms with Crippen molar-refractivity contribution in [3.63, 3.8) is 0 Å². The Morgan fingerprint density at radius 2 is 1.83 bits per heavy atom. The number of alkyl halides is 3. The van der Waals surface area contributed by atoms with Gasteiger partial charge in [-0.15, -0.1) is 0 Å². The Morgan fingerprint density at radius 3 is 2.48 bits per heavy atom. The van der Waals surface area contributed by atoms with E-state index in [1.165, 1.54) is 13.0 Å². The monoisotopic (exact) mass is 405 g/mol. The number of amides is 2. The molecule has 2 aromatic carbocycles. The largest absolute Gasteiger partial charge is 0.497 e. The fourth-order valence-corrected chi connectivity index (χ4v) is 2.96. The van der Waals surface area contributed by atoms with Gasteiger partial charge in [0.2, 0.25) is 11.8 Å². The molecule has 152 valence electrons. The molecule has 3 aromatic rings. The van der Waals surface area contributed by atoms with Crippen molar-refractivity contribution < 1.29 is 27.5 Å². The van der Waals surface area contributed by atoms with Crippen LogP contribution in [0.4, 0.5) is 24.5 Å². The Hall–Kier alpha value is -3.49. The maximum atomic E-state index is 13.4. The van der Waals surface area contributed by atoms with E-state index in [1.54, 1.807) is 42.1 Å². The van der Waals surface area contributed by atoms with E-state index >= 15 is 0 Å². The topological polar surface area (TPSA) is 72.4 Å². The van der Waals surface area contributed by atoms with Gasteiger partial charge < -0.3 is 19.9 Å². The number of rotatable bonds is 5. The quantitative estimate of drug-likeness (QED) is 0.666. The van der Waals surface area contributed by atoms with Gasteiger partial charge >= 0.3 is 6.18 Å². The molecule has 0 fully saturated rings. The fourth-order valence-electron chi connectivity index (χ4n) is 2.96. The second kappa shape index (κ2) is 7.86. The van der Waals surface area contributed by atoms with E-state index in [2.05, 4.69) is 10.6 Å². The first-order valence-electron chi connectivity index (χ1n) is 8.59. The Balaban J connectivity index is 1.82. The van der Waals surface area contributed by atoms with Crippen LogP contribution in [-0.4, -0.2) is 23.5 Å². The molecule has 0 spiro atoms. The maximum Gasteiger partial charge on any atom is 0.418 e. The lowest BCUT2D eigenvalue weighted by Crippen LogP contribution is -2.21. The number of carbonyl (C=O) groups excluding carboxylic acids is 2. The molecule has 0 aliphatic rings. The van der Waals surface area contributed by atoms with Crippen molar-refractivity contribution in [1.82, 2.24) is 4.57 Å². The summed E-state index contributed by atoms with van der Waals surface area (Å²) in [6.45, 7) is 1.03. The van der Waals surface area contributed by atoms with Gasteiger partial charge in [0.05, 0.1) is 18.4 Å². The van der Waals surface area contributed by atoms with E-state index in [-0.39, 0.29) is 17.9 Å². The number of ether oxygens (including phenoxy) is 1. The first kappa shape index (κ1) is 20.2. The van der Waals surface area contributed by atoms with E-state index < -0.39 is 23.6 Å². The zero-order valence-corrected chi connectivity index (χ0v) is 15.6. The highest BCUT2D eigenvalue weighted by atomic mass is 19.4. The van der Waals surface area contributed by atoms with Crippen molar-refractivity contribution in [2.75, 3.05) is 17.7 Å². The van der Waals surface area contributed by atoms with Gasteiger partial charge in [0, 0.05) is 29.7 Å². The van der Waals surface area contributed by atoms with Crippen LogP contribution < -0.4 is 15.4 Å². The van der Waals surface area contributed by atoms with Crippen LogP contribution in [0.15, 0.2) is 48.7 Å². The smallest absolute Gasteiger partial charge is 0.418 e. The van der Waals surface area contributed by atoms with Crippen molar-refractivity contribution in [2.24, 2.45) is 0 Å². The van der Waals surface area contributed by atoms with Crippen LogP contribution in [0.1, 0.15) is 12.5 Å². The Kier molecular flexibility index (Phi) is 5.49. The van der Waals surface area contributed by atoms with Gasteiger partial charge in [-0.2, -0.15) is 13.2 Å². The molecule has 1 aromatic heterocycles. The Morgan fingerprint density at radius 1 is 1.07 bits per heavy atom. The molecule has 0 saturated carbocycles. The SMILES string of the molecule is COc1ccc2c(ccn2CC(=O)Nc2ccc(NC(C)=O)cc2C(F)(F)F)c1. The summed E-state index contributed by atoms with van der Waals surface area (Å²) in [7, 11) is 1.54. The molecule has 0 bridgehead atoms. The highest BCUT2D eigenvalue weighted by Crippen LogP contribution is 2.36. The third-order valence-corrected chi connectivity index (χ3v) is 4.21. The molecule has 0 radical (unpaired) electrons. The van der Waals surface area contributed by atoms with E-state index in [9.17, 15) is 22.8 Å². The Labute approximate surface area is 164 Å². The lowest BCUT2D eigenvalue weighted by atomic mass is 10.1. The standard InChI is InChI=1S/C20H18F3N3O3/c1-12(27)24-14-3-5-17(16(10-14)20(21,22)23)25-19(28)11-26-8-7-13-9-15(29-2)4-6-18(13)26/h3-10H,11H2,1-2H3,(H,24,27)(H,25,28). The summed E-state index contributed by atoms with van der Waals surface area (Å²) < 4.78 is 47.0. The van der Waals surface area contributed by atoms with Gasteiger partial charge in [0.15, 0.2) is 0 Å². The first-order chi connectivity index (χ1) is 13.7. The number of fused-ring (bicyclic) bond motifs is 1. The van der Waals surface area contributed by atoms with Crippen LogP contribution in [0.25, 0.3) is 10.9 Å². The number of anilines is 2. The van der Waals surface area contributed by atoms with Crippen LogP contribution in [0.3, 0.4) is 0 Å². The zero-order chi connectivity index (χ0) is 21.2. The lowest BCUT2D eigenvalue weighted by molar-refractivity contribution is -0.137. The molecule has 0 unspecified atom stereocenters. The normalized spacial score (nSPS) is 11.3. The molecule has 0 aliphatic heterocycles. The molecular weight excluding hydrogens is 387 g/mol. The number of hydrogen-bond acceptors (Lipinski definition) is 3. The van der Waals surface area contributed by atoms with Crippen molar-refractivity contribution >= 4 is 34.1 Å². The maximum absolute atomic E-state index is 13.4. The number of aromatic nitrogens is 1. The summed E-state index contributed by atoms with van der Waals surface area (Å²) >= 11 is 0. The van der Waals surface area contributed by atoms with Gasteiger partial charge in [-0.1, -0.05) is 0 Å². The average molecular weight is 405 g/mol. The first-order valence-corrected chi connectivity index (χ1v) is 8.59. The van der Waals surface area contributed by atoms with Crippen LogP contribution in [0, 0.1) is 0 Å². The zero-order valence-electron chi connectivity index (χ0n) is 15.6. The third-order valence-electron chi connectivity index (χ3n) is 4.21. The van der Waals surface area contributed by atoms with Gasteiger partial charge in [-0.3, -0.25) is 9.59 Å². The summed E-state index contributed by atoms with van der Waals surface area (Å²) in [5, 5.41) is 5.44. The van der Waals surface area contributed by atoms with Crippen LogP contribution in [0.5, 0.6) is 5.75 Å². The van der Waals surface area contributed by atoms with Gasteiger partial charge in [-0.05, 0) is 42.5 Å². The molecule has 2 N–H and O–H groups in total. The number of halogens is 3. The molecule has 1 heterocycles. The number of carbonyl (C=O) groups is 2. The molecule has 0 atom stereocenters. The molecular formula is C20H18F3N3O3. The van der Waals surface area contributed by atoms with E-state index in [0.717, 1.165) is 23.0 Å². The summed E-state index contributed by atoms with van der Waals surface area (Å²) in [5.41, 5.74) is -0.680. The van der Waals surface area contributed by atoms with Crippen LogP contribution in [0.2, 0.25) is 0 Å². The van der Waals surface area contributed by atoms with E-state index in [1.807, 2.05) is 0 Å². The third kappa shape index (κ3) is 4.68. The van der Waals surface area contributed by atoms with Crippen molar-refractivity contribution in [3.05, 3.63) is 54.2 Å². The molecule has 3 rings (SSSR count). The number of methoxy groups -OCH3 is 1. The number of hydrogen-bond donors (Lipinski definition) is 2.